The number of nitrogens with zero attached hydrogens (tertiary/aromatic N) is 1. The number of rotatable bonds is 3. The molecule has 1 unspecified atom stereocenters. The first-order valence-electron chi connectivity index (χ1n) is 7.29. The molecular formula is C17H14N2O5S. The molecule has 128 valence electrons. The van der Waals surface area contributed by atoms with Gasteiger partial charge in [0.1, 0.15) is 5.92 Å². The molecule has 2 aromatic carbocycles. The Morgan fingerprint density at radius 1 is 1.04 bits per heavy atom. The van der Waals surface area contributed by atoms with Crippen LogP contribution >= 0.6 is 0 Å². The van der Waals surface area contributed by atoms with Gasteiger partial charge in [-0.2, -0.15) is 0 Å². The molecule has 0 radical (unpaired) electrons. The highest BCUT2D eigenvalue weighted by molar-refractivity contribution is 7.90. The van der Waals surface area contributed by atoms with Crippen molar-refractivity contribution in [2.24, 2.45) is 5.73 Å². The lowest BCUT2D eigenvalue weighted by Gasteiger charge is -2.31. The molecule has 7 nitrogen and oxygen atoms in total. The third kappa shape index (κ3) is 2.70. The summed E-state index contributed by atoms with van der Waals surface area (Å²) < 4.78 is 24.1. The predicted octanol–water partition coefficient (Wildman–Crippen LogP) is 0.846. The fourth-order valence-corrected chi connectivity index (χ4v) is 3.75. The first kappa shape index (κ1) is 16.8. The average molecular weight is 358 g/mol. The van der Waals surface area contributed by atoms with Crippen molar-refractivity contribution in [3.05, 3.63) is 59.7 Å². The van der Waals surface area contributed by atoms with Gasteiger partial charge in [0, 0.05) is 11.8 Å². The number of sulfone groups is 1. The van der Waals surface area contributed by atoms with Crippen LogP contribution in [0.15, 0.2) is 53.4 Å². The van der Waals surface area contributed by atoms with Gasteiger partial charge in [-0.3, -0.25) is 14.4 Å². The Balaban J connectivity index is 2.28. The maximum absolute atomic E-state index is 12.8. The molecule has 0 spiro atoms. The molecule has 0 aliphatic carbocycles. The number of amides is 3. The van der Waals surface area contributed by atoms with E-state index in [2.05, 4.69) is 0 Å². The second-order valence-electron chi connectivity index (χ2n) is 5.64. The monoisotopic (exact) mass is 358 g/mol. The molecule has 25 heavy (non-hydrogen) atoms. The topological polar surface area (TPSA) is 115 Å². The average Bonchev–Trinajstić information content (AvgIpc) is 2.54. The van der Waals surface area contributed by atoms with E-state index in [1.54, 1.807) is 12.1 Å². The van der Waals surface area contributed by atoms with E-state index < -0.39 is 33.5 Å². The quantitative estimate of drug-likeness (QED) is 0.645. The minimum Gasteiger partial charge on any atom is -0.369 e. The SMILES string of the molecule is CS(=O)(=O)c1ccccc1N1C(=O)c2ccccc2C(C(N)=O)C1=O. The van der Waals surface area contributed by atoms with Crippen LogP contribution < -0.4 is 10.6 Å². The van der Waals surface area contributed by atoms with Crippen LogP contribution in [0.4, 0.5) is 5.69 Å². The van der Waals surface area contributed by atoms with Gasteiger partial charge >= 0.3 is 0 Å². The fourth-order valence-electron chi connectivity index (χ4n) is 2.88. The lowest BCUT2D eigenvalue weighted by Crippen LogP contribution is -2.49. The molecule has 1 aliphatic rings. The van der Waals surface area contributed by atoms with Crippen LogP contribution in [0, 0.1) is 0 Å². The Hall–Kier alpha value is -3.00. The van der Waals surface area contributed by atoms with Crippen LogP contribution in [0.5, 0.6) is 0 Å². The third-order valence-corrected chi connectivity index (χ3v) is 5.11. The van der Waals surface area contributed by atoms with Gasteiger partial charge in [0.2, 0.25) is 5.91 Å². The number of nitrogens with two attached hydrogens (primary N) is 1. The normalized spacial score (nSPS) is 17.3. The highest BCUT2D eigenvalue weighted by Gasteiger charge is 2.43. The second kappa shape index (κ2) is 5.82. The van der Waals surface area contributed by atoms with Gasteiger partial charge in [-0.25, -0.2) is 13.3 Å². The number of anilines is 1. The van der Waals surface area contributed by atoms with E-state index in [-0.39, 0.29) is 21.7 Å². The molecule has 3 amide bonds. The summed E-state index contributed by atoms with van der Waals surface area (Å²) in [5.41, 5.74) is 5.62. The Kier molecular flexibility index (Phi) is 3.92. The lowest BCUT2D eigenvalue weighted by atomic mass is 9.87. The van der Waals surface area contributed by atoms with Gasteiger partial charge in [0.05, 0.1) is 10.6 Å². The molecule has 0 bridgehead atoms. The zero-order chi connectivity index (χ0) is 18.4. The van der Waals surface area contributed by atoms with Gasteiger partial charge in [0.25, 0.3) is 11.8 Å². The molecule has 1 heterocycles. The van der Waals surface area contributed by atoms with Crippen LogP contribution in [0.25, 0.3) is 0 Å². The lowest BCUT2D eigenvalue weighted by molar-refractivity contribution is -0.128. The van der Waals surface area contributed by atoms with E-state index in [1.165, 1.54) is 36.4 Å². The minimum atomic E-state index is -3.71. The number of imide groups is 1. The largest absolute Gasteiger partial charge is 0.369 e. The Morgan fingerprint density at radius 3 is 2.28 bits per heavy atom. The standard InChI is InChI=1S/C17H14N2O5S/c1-25(23,24)13-9-5-4-8-12(13)19-16(21)11-7-3-2-6-10(11)14(15(18)20)17(19)22/h2-9,14H,1H3,(H2,18,20). The summed E-state index contributed by atoms with van der Waals surface area (Å²) in [6.45, 7) is 0. The third-order valence-electron chi connectivity index (χ3n) is 3.96. The van der Waals surface area contributed by atoms with E-state index in [4.69, 9.17) is 5.73 Å². The summed E-state index contributed by atoms with van der Waals surface area (Å²) in [4.78, 5) is 38.0. The predicted molar refractivity (Wildman–Crippen MR) is 89.7 cm³/mol. The maximum atomic E-state index is 12.8. The first-order valence-corrected chi connectivity index (χ1v) is 9.18. The fraction of sp³-hybridized carbons (Fsp3) is 0.118. The van der Waals surface area contributed by atoms with E-state index in [0.29, 0.717) is 4.90 Å². The number of primary amides is 1. The smallest absolute Gasteiger partial charge is 0.265 e. The van der Waals surface area contributed by atoms with Gasteiger partial charge in [-0.15, -0.1) is 0 Å². The molecule has 8 heteroatoms. The van der Waals surface area contributed by atoms with Crippen LogP contribution in [0.2, 0.25) is 0 Å². The molecule has 2 N–H and O–H groups in total. The number of hydrogen-bond acceptors (Lipinski definition) is 5. The van der Waals surface area contributed by atoms with Gasteiger partial charge in [0.15, 0.2) is 9.84 Å². The molecule has 3 rings (SSSR count). The molecular weight excluding hydrogens is 344 g/mol. The highest BCUT2D eigenvalue weighted by Crippen LogP contribution is 2.35. The van der Waals surface area contributed by atoms with Crippen LogP contribution in [0.3, 0.4) is 0 Å². The van der Waals surface area contributed by atoms with E-state index in [0.717, 1.165) is 6.26 Å². The summed E-state index contributed by atoms with van der Waals surface area (Å²) in [6, 6.07) is 11.8. The first-order chi connectivity index (χ1) is 11.7. The summed E-state index contributed by atoms with van der Waals surface area (Å²) in [7, 11) is -3.71. The van der Waals surface area contributed by atoms with Crippen LogP contribution in [0.1, 0.15) is 21.8 Å². The number of benzene rings is 2. The van der Waals surface area contributed by atoms with Gasteiger partial charge in [-0.1, -0.05) is 30.3 Å². The van der Waals surface area contributed by atoms with E-state index in [9.17, 15) is 22.8 Å². The van der Waals surface area contributed by atoms with Crippen molar-refractivity contribution in [2.75, 3.05) is 11.2 Å². The zero-order valence-corrected chi connectivity index (χ0v) is 14.0. The zero-order valence-electron chi connectivity index (χ0n) is 13.2. The molecule has 0 saturated heterocycles. The number of carbonyl (C=O) groups excluding carboxylic acids is 3. The van der Waals surface area contributed by atoms with E-state index >= 15 is 0 Å². The van der Waals surface area contributed by atoms with Crippen molar-refractivity contribution in [3.8, 4) is 0 Å². The number of para-hydroxylation sites is 1. The van der Waals surface area contributed by atoms with E-state index in [1.807, 2.05) is 0 Å². The highest BCUT2D eigenvalue weighted by atomic mass is 32.2. The molecule has 0 saturated carbocycles. The maximum Gasteiger partial charge on any atom is 0.265 e. The van der Waals surface area contributed by atoms with Gasteiger partial charge in [-0.05, 0) is 23.8 Å². The van der Waals surface area contributed by atoms with Crippen LogP contribution in [-0.2, 0) is 19.4 Å². The Bertz CT molecular complexity index is 1010. The van der Waals surface area contributed by atoms with Crippen molar-refractivity contribution >= 4 is 33.2 Å². The molecule has 0 aromatic heterocycles. The van der Waals surface area contributed by atoms with Crippen molar-refractivity contribution in [1.29, 1.82) is 0 Å². The Labute approximate surface area is 144 Å². The summed E-state index contributed by atoms with van der Waals surface area (Å²) >= 11 is 0. The number of fused-ring (bicyclic) bond motifs is 1. The number of hydrogen-bond donors (Lipinski definition) is 1. The second-order valence-corrected chi connectivity index (χ2v) is 7.63. The van der Waals surface area contributed by atoms with Gasteiger partial charge < -0.3 is 5.73 Å². The molecule has 0 fully saturated rings. The summed E-state index contributed by atoms with van der Waals surface area (Å²) in [5.74, 6) is -3.84. The minimum absolute atomic E-state index is 0.0965. The summed E-state index contributed by atoms with van der Waals surface area (Å²) in [5, 5.41) is 0. The number of carbonyl (C=O) groups is 3. The van der Waals surface area contributed by atoms with Crippen molar-refractivity contribution < 1.29 is 22.8 Å². The summed E-state index contributed by atoms with van der Waals surface area (Å²) in [6.07, 6.45) is 0.976. The van der Waals surface area contributed by atoms with Crippen molar-refractivity contribution in [2.45, 2.75) is 10.8 Å². The molecule has 1 aliphatic heterocycles. The Morgan fingerprint density at radius 2 is 1.64 bits per heavy atom. The van der Waals surface area contributed by atoms with Crippen LogP contribution in [-0.4, -0.2) is 32.4 Å². The molecule has 2 aromatic rings. The van der Waals surface area contributed by atoms with Crippen molar-refractivity contribution in [1.82, 2.24) is 0 Å². The van der Waals surface area contributed by atoms with Crippen molar-refractivity contribution in [3.63, 3.8) is 0 Å². The molecule has 1 atom stereocenters.